The maximum atomic E-state index is 12.6. The zero-order valence-corrected chi connectivity index (χ0v) is 17.4. The Kier molecular flexibility index (Phi) is 5.74. The Morgan fingerprint density at radius 3 is 2.70 bits per heavy atom. The van der Waals surface area contributed by atoms with E-state index in [-0.39, 0.29) is 18.4 Å². The van der Waals surface area contributed by atoms with Crippen LogP contribution in [-0.2, 0) is 11.3 Å². The normalized spacial score (nSPS) is 11.0. The highest BCUT2D eigenvalue weighted by Crippen LogP contribution is 2.30. The van der Waals surface area contributed by atoms with Crippen molar-refractivity contribution in [3.05, 3.63) is 50.4 Å². The van der Waals surface area contributed by atoms with Crippen molar-refractivity contribution in [3.8, 4) is 0 Å². The maximum absolute atomic E-state index is 12.6. The summed E-state index contributed by atoms with van der Waals surface area (Å²) in [5, 5.41) is 9.14. The van der Waals surface area contributed by atoms with Gasteiger partial charge in [-0.25, -0.2) is 0 Å². The van der Waals surface area contributed by atoms with E-state index >= 15 is 0 Å². The van der Waals surface area contributed by atoms with Crippen molar-refractivity contribution < 1.29 is 9.59 Å². The average Bonchev–Trinajstić information content (AvgIpc) is 3.18. The minimum atomic E-state index is -0.216. The van der Waals surface area contributed by atoms with Gasteiger partial charge in [-0.15, -0.1) is 11.3 Å². The van der Waals surface area contributed by atoms with Crippen LogP contribution in [0.15, 0.2) is 24.3 Å². The van der Waals surface area contributed by atoms with Gasteiger partial charge < -0.3 is 10.2 Å². The number of likely N-dealkylation sites (N-methyl/N-ethyl adjacent to an activating group) is 2. The van der Waals surface area contributed by atoms with E-state index in [9.17, 15) is 9.59 Å². The number of hydrogen-bond acceptors (Lipinski definition) is 4. The molecule has 0 unspecified atom stereocenters. The van der Waals surface area contributed by atoms with E-state index < -0.39 is 0 Å². The number of thiophene rings is 1. The molecule has 2 heterocycles. The van der Waals surface area contributed by atoms with E-state index in [2.05, 4.69) is 10.4 Å². The monoisotopic (exact) mass is 424 g/mol. The van der Waals surface area contributed by atoms with Crippen LogP contribution < -0.4 is 5.32 Å². The quantitative estimate of drug-likeness (QED) is 0.680. The molecule has 0 saturated carbocycles. The first-order chi connectivity index (χ1) is 12.8. The zero-order chi connectivity index (χ0) is 19.7. The number of nitrogens with one attached hydrogen (secondary N) is 1. The summed E-state index contributed by atoms with van der Waals surface area (Å²) in [6.07, 6.45) is 0. The predicted molar refractivity (Wildman–Crippen MR) is 109 cm³/mol. The molecule has 0 radical (unpaired) electrons. The summed E-state index contributed by atoms with van der Waals surface area (Å²) in [5.41, 5.74) is 1.72. The lowest BCUT2D eigenvalue weighted by Gasteiger charge is -2.14. The van der Waals surface area contributed by atoms with Gasteiger partial charge in [-0.2, -0.15) is 5.10 Å². The van der Waals surface area contributed by atoms with Crippen LogP contribution in [-0.4, -0.2) is 47.1 Å². The molecule has 0 aliphatic carbocycles. The molecule has 2 amide bonds. The van der Waals surface area contributed by atoms with E-state index in [4.69, 9.17) is 23.2 Å². The van der Waals surface area contributed by atoms with Crippen molar-refractivity contribution in [2.24, 2.45) is 0 Å². The van der Waals surface area contributed by atoms with Gasteiger partial charge in [-0.05, 0) is 30.7 Å². The molecule has 3 rings (SSSR count). The summed E-state index contributed by atoms with van der Waals surface area (Å²) < 4.78 is 1.83. The number of rotatable bonds is 5. The highest BCUT2D eigenvalue weighted by molar-refractivity contribution is 7.20. The summed E-state index contributed by atoms with van der Waals surface area (Å²) in [6.45, 7) is 2.38. The Morgan fingerprint density at radius 2 is 2.04 bits per heavy atom. The molecule has 0 aliphatic rings. The molecule has 0 fully saturated rings. The molecule has 9 heteroatoms. The number of amides is 2. The van der Waals surface area contributed by atoms with Gasteiger partial charge >= 0.3 is 0 Å². The van der Waals surface area contributed by atoms with Crippen molar-refractivity contribution in [2.75, 3.05) is 20.6 Å². The third kappa shape index (κ3) is 4.10. The number of fused-ring (bicyclic) bond motifs is 1. The molecule has 0 saturated heterocycles. The lowest BCUT2D eigenvalue weighted by Crippen LogP contribution is -2.36. The van der Waals surface area contributed by atoms with Crippen LogP contribution in [0.4, 0.5) is 0 Å². The summed E-state index contributed by atoms with van der Waals surface area (Å²) in [6, 6.07) is 7.17. The fraction of sp³-hybridized carbons (Fsp3) is 0.278. The number of aryl methyl sites for hydroxylation is 1. The molecule has 2 aromatic heterocycles. The Labute approximate surface area is 170 Å². The van der Waals surface area contributed by atoms with Gasteiger partial charge in [0.15, 0.2) is 0 Å². The molecule has 27 heavy (non-hydrogen) atoms. The Morgan fingerprint density at radius 1 is 1.30 bits per heavy atom. The van der Waals surface area contributed by atoms with Crippen molar-refractivity contribution >= 4 is 56.6 Å². The summed E-state index contributed by atoms with van der Waals surface area (Å²) in [7, 11) is 3.15. The highest BCUT2D eigenvalue weighted by atomic mass is 35.5. The molecular formula is C18H18Cl2N4O2S. The molecule has 1 aromatic carbocycles. The number of aromatic nitrogens is 2. The van der Waals surface area contributed by atoms with Gasteiger partial charge in [0.2, 0.25) is 5.91 Å². The standard InChI is InChI=1S/C18H18Cl2N4O2S/c1-10-13-7-15(17(26)23(3)9-16(25)21-2)27-18(13)24(22-10)8-11-4-5-12(19)6-14(11)20/h4-7H,8-9H2,1-3H3,(H,21,25). The Balaban J connectivity index is 1.91. The smallest absolute Gasteiger partial charge is 0.264 e. The molecule has 3 aromatic rings. The SMILES string of the molecule is CNC(=O)CN(C)C(=O)c1cc2c(C)nn(Cc3ccc(Cl)cc3Cl)c2s1. The van der Waals surface area contributed by atoms with Crippen LogP contribution in [0.5, 0.6) is 0 Å². The number of carbonyl (C=O) groups is 2. The van der Waals surface area contributed by atoms with E-state index in [1.807, 2.05) is 23.7 Å². The molecule has 0 aliphatic heterocycles. The number of halogens is 2. The lowest BCUT2D eigenvalue weighted by molar-refractivity contribution is -0.121. The molecule has 0 spiro atoms. The molecule has 1 N–H and O–H groups in total. The number of benzene rings is 1. The topological polar surface area (TPSA) is 67.2 Å². The van der Waals surface area contributed by atoms with Gasteiger partial charge in [-0.3, -0.25) is 14.3 Å². The Bertz CT molecular complexity index is 1030. The van der Waals surface area contributed by atoms with E-state index in [0.29, 0.717) is 21.5 Å². The minimum Gasteiger partial charge on any atom is -0.358 e. The van der Waals surface area contributed by atoms with Crippen LogP contribution >= 0.6 is 34.5 Å². The fourth-order valence-electron chi connectivity index (χ4n) is 2.69. The number of hydrogen-bond donors (Lipinski definition) is 1. The minimum absolute atomic E-state index is 0.00900. The molecule has 6 nitrogen and oxygen atoms in total. The van der Waals surface area contributed by atoms with Crippen molar-refractivity contribution in [3.63, 3.8) is 0 Å². The lowest BCUT2D eigenvalue weighted by atomic mass is 10.2. The van der Waals surface area contributed by atoms with E-state index in [1.165, 1.54) is 16.2 Å². The van der Waals surface area contributed by atoms with Crippen LogP contribution in [0.25, 0.3) is 10.2 Å². The average molecular weight is 425 g/mol. The van der Waals surface area contributed by atoms with Crippen molar-refractivity contribution in [2.45, 2.75) is 13.5 Å². The molecule has 0 atom stereocenters. The van der Waals surface area contributed by atoms with Gasteiger partial charge in [0.1, 0.15) is 4.83 Å². The maximum Gasteiger partial charge on any atom is 0.264 e. The summed E-state index contributed by atoms with van der Waals surface area (Å²) in [5.74, 6) is -0.415. The van der Waals surface area contributed by atoms with Crippen molar-refractivity contribution in [1.82, 2.24) is 20.0 Å². The summed E-state index contributed by atoms with van der Waals surface area (Å²) >= 11 is 13.6. The second kappa shape index (κ2) is 7.88. The molecular weight excluding hydrogens is 407 g/mol. The zero-order valence-electron chi connectivity index (χ0n) is 15.0. The second-order valence-electron chi connectivity index (χ2n) is 6.14. The highest BCUT2D eigenvalue weighted by Gasteiger charge is 2.20. The van der Waals surface area contributed by atoms with Crippen LogP contribution in [0.2, 0.25) is 10.0 Å². The largest absolute Gasteiger partial charge is 0.358 e. The summed E-state index contributed by atoms with van der Waals surface area (Å²) in [4.78, 5) is 27.0. The van der Waals surface area contributed by atoms with Gasteiger partial charge in [0, 0.05) is 29.5 Å². The van der Waals surface area contributed by atoms with Gasteiger partial charge in [-0.1, -0.05) is 29.3 Å². The van der Waals surface area contributed by atoms with E-state index in [0.717, 1.165) is 21.5 Å². The van der Waals surface area contributed by atoms with Crippen LogP contribution in [0, 0.1) is 6.92 Å². The fourth-order valence-corrected chi connectivity index (χ4v) is 4.31. The van der Waals surface area contributed by atoms with Gasteiger partial charge in [0.25, 0.3) is 5.91 Å². The van der Waals surface area contributed by atoms with Crippen LogP contribution in [0.3, 0.4) is 0 Å². The van der Waals surface area contributed by atoms with Crippen LogP contribution in [0.1, 0.15) is 20.9 Å². The first-order valence-electron chi connectivity index (χ1n) is 8.17. The third-order valence-corrected chi connectivity index (χ3v) is 5.88. The third-order valence-electron chi connectivity index (χ3n) is 4.16. The predicted octanol–water partition coefficient (Wildman–Crippen LogP) is 3.58. The van der Waals surface area contributed by atoms with E-state index in [1.54, 1.807) is 26.2 Å². The number of carbonyl (C=O) groups excluding carboxylic acids is 2. The Hall–Kier alpha value is -2.09. The molecule has 0 bridgehead atoms. The molecule has 142 valence electrons. The first-order valence-corrected chi connectivity index (χ1v) is 9.74. The van der Waals surface area contributed by atoms with Gasteiger partial charge in [0.05, 0.1) is 23.7 Å². The number of nitrogens with zero attached hydrogens (tertiary/aromatic N) is 3. The second-order valence-corrected chi connectivity index (χ2v) is 8.02. The first kappa shape index (κ1) is 19.7. The van der Waals surface area contributed by atoms with Crippen molar-refractivity contribution in [1.29, 1.82) is 0 Å².